The number of amides is 2. The van der Waals surface area contributed by atoms with Gasteiger partial charge >= 0.3 is 6.18 Å². The smallest absolute Gasteiger partial charge is 0.357 e. The van der Waals surface area contributed by atoms with Crippen LogP contribution in [0.3, 0.4) is 0 Å². The van der Waals surface area contributed by atoms with Crippen molar-refractivity contribution in [1.82, 2.24) is 10.3 Å². The number of piperidine rings is 1. The number of carbonyl (C=O) groups excluding carboxylic acids is 2. The summed E-state index contributed by atoms with van der Waals surface area (Å²) in [6.45, 7) is 0. The third-order valence-electron chi connectivity index (χ3n) is 2.72. The van der Waals surface area contributed by atoms with Crippen LogP contribution in [0.4, 0.5) is 19.0 Å². The van der Waals surface area contributed by atoms with Gasteiger partial charge in [0, 0.05) is 12.6 Å². The second kappa shape index (κ2) is 5.28. The fourth-order valence-corrected chi connectivity index (χ4v) is 1.92. The largest absolute Gasteiger partial charge is 0.417 e. The molecule has 2 rings (SSSR count). The molecule has 1 aromatic rings. The van der Waals surface area contributed by atoms with Crippen LogP contribution in [0.5, 0.6) is 0 Å². The van der Waals surface area contributed by atoms with Crippen molar-refractivity contribution in [2.24, 2.45) is 0 Å². The van der Waals surface area contributed by atoms with Crippen molar-refractivity contribution in [3.05, 3.63) is 22.8 Å². The van der Waals surface area contributed by atoms with Gasteiger partial charge in [-0.05, 0) is 12.5 Å². The Bertz CT molecular complexity index is 562. The topological polar surface area (TPSA) is 71.1 Å². The van der Waals surface area contributed by atoms with Crippen molar-refractivity contribution in [3.63, 3.8) is 0 Å². The van der Waals surface area contributed by atoms with E-state index in [0.29, 0.717) is 6.20 Å². The average Bonchev–Trinajstić information content (AvgIpc) is 2.33. The molecule has 0 aromatic carbocycles. The normalized spacial score (nSPS) is 19.7. The van der Waals surface area contributed by atoms with E-state index in [1.54, 1.807) is 0 Å². The van der Waals surface area contributed by atoms with Crippen molar-refractivity contribution in [2.75, 3.05) is 5.32 Å². The van der Waals surface area contributed by atoms with Gasteiger partial charge in [0.2, 0.25) is 11.8 Å². The van der Waals surface area contributed by atoms with Crippen LogP contribution in [0.15, 0.2) is 12.3 Å². The first kappa shape index (κ1) is 14.6. The Morgan fingerprint density at radius 2 is 2.10 bits per heavy atom. The van der Waals surface area contributed by atoms with E-state index in [0.717, 1.165) is 6.07 Å². The Labute approximate surface area is 116 Å². The number of anilines is 1. The van der Waals surface area contributed by atoms with Crippen molar-refractivity contribution in [2.45, 2.75) is 25.1 Å². The van der Waals surface area contributed by atoms with Crippen LogP contribution in [0.1, 0.15) is 18.4 Å². The molecular formula is C11H9ClF3N3O2. The number of alkyl halides is 3. The van der Waals surface area contributed by atoms with Gasteiger partial charge in [-0.15, -0.1) is 0 Å². The average molecular weight is 308 g/mol. The zero-order valence-electron chi connectivity index (χ0n) is 9.92. The quantitative estimate of drug-likeness (QED) is 0.820. The third-order valence-corrected chi connectivity index (χ3v) is 3.01. The van der Waals surface area contributed by atoms with Crippen LogP contribution >= 0.6 is 11.6 Å². The summed E-state index contributed by atoms with van der Waals surface area (Å²) in [6.07, 6.45) is -3.55. The van der Waals surface area contributed by atoms with Gasteiger partial charge in [0.25, 0.3) is 0 Å². The maximum Gasteiger partial charge on any atom is 0.417 e. The van der Waals surface area contributed by atoms with Crippen LogP contribution in [0, 0.1) is 0 Å². The number of rotatable bonds is 2. The Morgan fingerprint density at radius 3 is 2.65 bits per heavy atom. The molecule has 1 aliphatic heterocycles. The minimum absolute atomic E-state index is 0.0332. The number of hydrogen-bond donors (Lipinski definition) is 2. The predicted molar refractivity (Wildman–Crippen MR) is 64.0 cm³/mol. The summed E-state index contributed by atoms with van der Waals surface area (Å²) in [5, 5.41) is 4.49. The highest BCUT2D eigenvalue weighted by atomic mass is 35.5. The molecule has 0 radical (unpaired) electrons. The minimum Gasteiger partial charge on any atom is -0.357 e. The number of nitrogens with zero attached hydrogens (tertiary/aromatic N) is 1. The molecular weight excluding hydrogens is 299 g/mol. The SMILES string of the molecule is O=C1CCC(Nc2ncc(C(F)(F)F)cc2Cl)C(=O)N1. The molecule has 1 aliphatic rings. The molecule has 2 heterocycles. The van der Waals surface area contributed by atoms with E-state index in [-0.39, 0.29) is 29.6 Å². The van der Waals surface area contributed by atoms with Crippen LogP contribution in [-0.4, -0.2) is 22.8 Å². The number of imide groups is 1. The Hall–Kier alpha value is -1.83. The molecule has 1 saturated heterocycles. The molecule has 0 saturated carbocycles. The number of hydrogen-bond acceptors (Lipinski definition) is 4. The van der Waals surface area contributed by atoms with Gasteiger partial charge in [-0.25, -0.2) is 4.98 Å². The molecule has 2 amide bonds. The molecule has 1 aromatic heterocycles. The second-order valence-corrected chi connectivity index (χ2v) is 4.61. The van der Waals surface area contributed by atoms with Crippen LogP contribution in [0.2, 0.25) is 5.02 Å². The third kappa shape index (κ3) is 3.19. The molecule has 20 heavy (non-hydrogen) atoms. The molecule has 0 bridgehead atoms. The highest BCUT2D eigenvalue weighted by Crippen LogP contribution is 2.32. The summed E-state index contributed by atoms with van der Waals surface area (Å²) in [4.78, 5) is 26.0. The lowest BCUT2D eigenvalue weighted by Crippen LogP contribution is -2.47. The van der Waals surface area contributed by atoms with Crippen LogP contribution in [0.25, 0.3) is 0 Å². The first-order chi connectivity index (χ1) is 9.27. The summed E-state index contributed by atoms with van der Waals surface area (Å²) in [5.41, 5.74) is -0.976. The van der Waals surface area contributed by atoms with Gasteiger partial charge in [0.1, 0.15) is 11.9 Å². The molecule has 108 valence electrons. The van der Waals surface area contributed by atoms with E-state index in [9.17, 15) is 22.8 Å². The molecule has 0 spiro atoms. The minimum atomic E-state index is -4.54. The van der Waals surface area contributed by atoms with Crippen molar-refractivity contribution in [1.29, 1.82) is 0 Å². The summed E-state index contributed by atoms with van der Waals surface area (Å²) in [7, 11) is 0. The number of aromatic nitrogens is 1. The van der Waals surface area contributed by atoms with Crippen molar-refractivity contribution in [3.8, 4) is 0 Å². The molecule has 9 heteroatoms. The highest BCUT2D eigenvalue weighted by molar-refractivity contribution is 6.33. The van der Waals surface area contributed by atoms with Gasteiger partial charge in [0.05, 0.1) is 10.6 Å². The Balaban J connectivity index is 2.14. The first-order valence-electron chi connectivity index (χ1n) is 5.60. The van der Waals surface area contributed by atoms with E-state index in [4.69, 9.17) is 11.6 Å². The molecule has 1 fully saturated rings. The molecule has 1 atom stereocenters. The predicted octanol–water partition coefficient (Wildman–Crippen LogP) is 1.97. The van der Waals surface area contributed by atoms with Crippen LogP contribution in [-0.2, 0) is 15.8 Å². The fraction of sp³-hybridized carbons (Fsp3) is 0.364. The fourth-order valence-electron chi connectivity index (χ4n) is 1.70. The molecule has 1 unspecified atom stereocenters. The summed E-state index contributed by atoms with van der Waals surface area (Å²) < 4.78 is 37.3. The standard InChI is InChI=1S/C11H9ClF3N3O2/c12-6-3-5(11(13,14)15)4-16-9(6)17-7-1-2-8(19)18-10(7)20/h3-4,7H,1-2H2,(H,16,17)(H,18,19,20). The summed E-state index contributed by atoms with van der Waals surface area (Å²) >= 11 is 5.71. The highest BCUT2D eigenvalue weighted by Gasteiger charge is 2.32. The molecule has 5 nitrogen and oxygen atoms in total. The first-order valence-corrected chi connectivity index (χ1v) is 5.98. The van der Waals surface area contributed by atoms with Crippen molar-refractivity contribution >= 4 is 29.2 Å². The van der Waals surface area contributed by atoms with E-state index in [1.807, 2.05) is 0 Å². The summed E-state index contributed by atoms with van der Waals surface area (Å²) in [5.74, 6) is -0.979. The van der Waals surface area contributed by atoms with E-state index >= 15 is 0 Å². The lowest BCUT2D eigenvalue weighted by Gasteiger charge is -2.22. The van der Waals surface area contributed by atoms with Gasteiger partial charge in [-0.1, -0.05) is 11.6 Å². The van der Waals surface area contributed by atoms with E-state index in [1.165, 1.54) is 0 Å². The van der Waals surface area contributed by atoms with Crippen molar-refractivity contribution < 1.29 is 22.8 Å². The van der Waals surface area contributed by atoms with E-state index < -0.39 is 23.7 Å². The lowest BCUT2D eigenvalue weighted by molar-refractivity contribution is -0.138. The maximum absolute atomic E-state index is 12.4. The number of nitrogens with one attached hydrogen (secondary N) is 2. The number of carbonyl (C=O) groups is 2. The van der Waals surface area contributed by atoms with Gasteiger partial charge in [-0.2, -0.15) is 13.2 Å². The zero-order chi connectivity index (χ0) is 14.9. The number of pyridine rings is 1. The lowest BCUT2D eigenvalue weighted by atomic mass is 10.1. The Morgan fingerprint density at radius 1 is 1.40 bits per heavy atom. The number of halogens is 4. The van der Waals surface area contributed by atoms with Gasteiger partial charge in [-0.3, -0.25) is 14.9 Å². The monoisotopic (exact) mass is 307 g/mol. The van der Waals surface area contributed by atoms with Gasteiger partial charge in [0.15, 0.2) is 0 Å². The van der Waals surface area contributed by atoms with Crippen LogP contribution < -0.4 is 10.6 Å². The molecule has 2 N–H and O–H groups in total. The van der Waals surface area contributed by atoms with E-state index in [2.05, 4.69) is 15.6 Å². The molecule has 0 aliphatic carbocycles. The van der Waals surface area contributed by atoms with Gasteiger partial charge < -0.3 is 5.32 Å². The maximum atomic E-state index is 12.4. The zero-order valence-corrected chi connectivity index (χ0v) is 10.7. The Kier molecular flexibility index (Phi) is 3.85. The summed E-state index contributed by atoms with van der Waals surface area (Å²) in [6, 6.07) is -0.0302. The second-order valence-electron chi connectivity index (χ2n) is 4.20.